The number of thiophene rings is 1. The first-order valence-electron chi connectivity index (χ1n) is 4.63. The highest BCUT2D eigenvalue weighted by atomic mass is 35.5. The van der Waals surface area contributed by atoms with E-state index in [1.165, 1.54) is 0 Å². The molecule has 3 nitrogen and oxygen atoms in total. The number of anilines is 1. The van der Waals surface area contributed by atoms with E-state index in [1.807, 2.05) is 19.2 Å². The number of aliphatic hydroxyl groups is 1. The van der Waals surface area contributed by atoms with Crippen molar-refractivity contribution in [2.45, 2.75) is 13.8 Å². The van der Waals surface area contributed by atoms with Crippen LogP contribution in [0.25, 0.3) is 0 Å². The number of nitrogens with zero attached hydrogens (tertiary/aromatic N) is 1. The largest absolute Gasteiger partial charge is 0.395 e. The van der Waals surface area contributed by atoms with Gasteiger partial charge in [0.2, 0.25) is 5.91 Å². The molecule has 5 heteroatoms. The molecule has 1 heterocycles. The lowest BCUT2D eigenvalue weighted by Gasteiger charge is -2.21. The fourth-order valence-electron chi connectivity index (χ4n) is 1.50. The zero-order valence-corrected chi connectivity index (χ0v) is 10.4. The van der Waals surface area contributed by atoms with Crippen LogP contribution in [0.1, 0.15) is 10.4 Å². The van der Waals surface area contributed by atoms with Crippen LogP contribution in [0.5, 0.6) is 0 Å². The molecule has 0 bridgehead atoms. The predicted octanol–water partition coefficient (Wildman–Crippen LogP) is 1.93. The van der Waals surface area contributed by atoms with Gasteiger partial charge in [0.15, 0.2) is 0 Å². The van der Waals surface area contributed by atoms with Crippen molar-refractivity contribution in [1.29, 1.82) is 0 Å². The lowest BCUT2D eigenvalue weighted by atomic mass is 10.2. The summed E-state index contributed by atoms with van der Waals surface area (Å²) in [5.41, 5.74) is 1.93. The molecule has 0 aromatic carbocycles. The van der Waals surface area contributed by atoms with E-state index in [0.29, 0.717) is 6.54 Å². The van der Waals surface area contributed by atoms with Gasteiger partial charge in [-0.3, -0.25) is 4.79 Å². The summed E-state index contributed by atoms with van der Waals surface area (Å²) in [5.74, 6) is -0.232. The van der Waals surface area contributed by atoms with Crippen LogP contribution in [-0.4, -0.2) is 30.0 Å². The average Bonchev–Trinajstić information content (AvgIpc) is 2.55. The minimum Gasteiger partial charge on any atom is -0.395 e. The van der Waals surface area contributed by atoms with Gasteiger partial charge in [0.05, 0.1) is 12.3 Å². The third-order valence-electron chi connectivity index (χ3n) is 2.13. The minimum absolute atomic E-state index is 0.0582. The number of amides is 1. The molecule has 15 heavy (non-hydrogen) atoms. The van der Waals surface area contributed by atoms with Crippen molar-refractivity contribution >= 4 is 34.5 Å². The zero-order valence-electron chi connectivity index (χ0n) is 8.79. The molecule has 1 aromatic heterocycles. The van der Waals surface area contributed by atoms with Crippen LogP contribution in [0, 0.1) is 13.8 Å². The topological polar surface area (TPSA) is 40.5 Å². The predicted molar refractivity (Wildman–Crippen MR) is 64.0 cm³/mol. The van der Waals surface area contributed by atoms with Gasteiger partial charge in [-0.15, -0.1) is 22.9 Å². The number of halogens is 1. The summed E-state index contributed by atoms with van der Waals surface area (Å²) in [5, 5.41) is 10.9. The molecule has 0 radical (unpaired) electrons. The number of aliphatic hydroxyl groups excluding tert-OH is 1. The fourth-order valence-corrected chi connectivity index (χ4v) is 2.49. The molecule has 0 unspecified atom stereocenters. The monoisotopic (exact) mass is 247 g/mol. The van der Waals surface area contributed by atoms with Crippen molar-refractivity contribution < 1.29 is 9.90 Å². The van der Waals surface area contributed by atoms with E-state index in [4.69, 9.17) is 16.7 Å². The van der Waals surface area contributed by atoms with Crippen molar-refractivity contribution in [2.75, 3.05) is 23.9 Å². The van der Waals surface area contributed by atoms with E-state index < -0.39 is 0 Å². The molecule has 0 saturated heterocycles. The molecule has 0 atom stereocenters. The second kappa shape index (κ2) is 5.49. The van der Waals surface area contributed by atoms with Crippen molar-refractivity contribution in [3.8, 4) is 0 Å². The highest BCUT2D eigenvalue weighted by Gasteiger charge is 2.19. The van der Waals surface area contributed by atoms with Crippen molar-refractivity contribution in [3.05, 3.63) is 15.8 Å². The van der Waals surface area contributed by atoms with Gasteiger partial charge >= 0.3 is 0 Å². The molecular weight excluding hydrogens is 234 g/mol. The van der Waals surface area contributed by atoms with Crippen molar-refractivity contribution in [3.63, 3.8) is 0 Å². The number of alkyl halides is 1. The van der Waals surface area contributed by atoms with Gasteiger partial charge in [0, 0.05) is 11.4 Å². The minimum atomic E-state index is -0.171. The summed E-state index contributed by atoms with van der Waals surface area (Å²) in [4.78, 5) is 14.2. The van der Waals surface area contributed by atoms with E-state index in [2.05, 4.69) is 0 Å². The lowest BCUT2D eigenvalue weighted by molar-refractivity contribution is -0.116. The molecule has 0 spiro atoms. The first-order chi connectivity index (χ1) is 7.11. The second-order valence-electron chi connectivity index (χ2n) is 3.23. The lowest BCUT2D eigenvalue weighted by Crippen LogP contribution is -2.35. The number of carbonyl (C=O) groups is 1. The van der Waals surface area contributed by atoms with E-state index in [9.17, 15) is 4.79 Å². The molecular formula is C10H14ClNO2S. The third-order valence-corrected chi connectivity index (χ3v) is 3.38. The van der Waals surface area contributed by atoms with E-state index in [0.717, 1.165) is 16.1 Å². The van der Waals surface area contributed by atoms with Gasteiger partial charge < -0.3 is 10.0 Å². The number of rotatable bonds is 4. The number of hydrogen-bond acceptors (Lipinski definition) is 3. The average molecular weight is 248 g/mol. The Morgan fingerprint density at radius 1 is 1.60 bits per heavy atom. The molecule has 84 valence electrons. The molecule has 1 aromatic rings. The highest BCUT2D eigenvalue weighted by Crippen LogP contribution is 2.30. The van der Waals surface area contributed by atoms with Crippen molar-refractivity contribution in [1.82, 2.24) is 0 Å². The Morgan fingerprint density at radius 2 is 2.27 bits per heavy atom. The highest BCUT2D eigenvalue weighted by molar-refractivity contribution is 7.10. The molecule has 1 rings (SSSR count). The Balaban J connectivity index is 3.03. The summed E-state index contributed by atoms with van der Waals surface area (Å²) < 4.78 is 0. The van der Waals surface area contributed by atoms with Crippen LogP contribution in [0.4, 0.5) is 5.69 Å². The summed E-state index contributed by atoms with van der Waals surface area (Å²) in [6, 6.07) is 0. The van der Waals surface area contributed by atoms with Crippen LogP contribution in [0.15, 0.2) is 5.38 Å². The molecule has 0 aliphatic carbocycles. The molecule has 1 N–H and O–H groups in total. The first-order valence-corrected chi connectivity index (χ1v) is 6.05. The second-order valence-corrected chi connectivity index (χ2v) is 4.58. The summed E-state index contributed by atoms with van der Waals surface area (Å²) >= 11 is 7.13. The zero-order chi connectivity index (χ0) is 11.4. The van der Waals surface area contributed by atoms with Gasteiger partial charge in [0.25, 0.3) is 0 Å². The van der Waals surface area contributed by atoms with Gasteiger partial charge in [-0.25, -0.2) is 0 Å². The standard InChI is InChI=1S/C10H14ClNO2S/c1-7-6-15-8(2)10(7)12(3-4-13)9(14)5-11/h6,13H,3-5H2,1-2H3. The van der Waals surface area contributed by atoms with Crippen LogP contribution >= 0.6 is 22.9 Å². The molecule has 0 saturated carbocycles. The van der Waals surface area contributed by atoms with Crippen molar-refractivity contribution in [2.24, 2.45) is 0 Å². The number of hydrogen-bond donors (Lipinski definition) is 1. The van der Waals surface area contributed by atoms with Gasteiger partial charge in [-0.1, -0.05) is 0 Å². The third kappa shape index (κ3) is 2.71. The van der Waals surface area contributed by atoms with E-state index >= 15 is 0 Å². The quantitative estimate of drug-likeness (QED) is 0.826. The smallest absolute Gasteiger partial charge is 0.242 e. The Morgan fingerprint density at radius 3 is 2.67 bits per heavy atom. The number of carbonyl (C=O) groups excluding carboxylic acids is 1. The maximum Gasteiger partial charge on any atom is 0.242 e. The SMILES string of the molecule is Cc1csc(C)c1N(CCO)C(=O)CCl. The maximum atomic E-state index is 11.6. The number of aryl methyl sites for hydroxylation is 2. The molecule has 0 aliphatic heterocycles. The molecule has 0 aliphatic rings. The summed E-state index contributed by atoms with van der Waals surface area (Å²) in [7, 11) is 0. The van der Waals surface area contributed by atoms with E-state index in [-0.39, 0.29) is 18.4 Å². The first kappa shape index (κ1) is 12.5. The van der Waals surface area contributed by atoms with Gasteiger partial charge in [-0.2, -0.15) is 0 Å². The fraction of sp³-hybridized carbons (Fsp3) is 0.500. The normalized spacial score (nSPS) is 10.4. The Labute approximate surface area is 98.3 Å². The summed E-state index contributed by atoms with van der Waals surface area (Å²) in [6.07, 6.45) is 0. The van der Waals surface area contributed by atoms with Crippen LogP contribution in [0.2, 0.25) is 0 Å². The summed E-state index contributed by atoms with van der Waals surface area (Å²) in [6.45, 7) is 4.14. The van der Waals surface area contributed by atoms with E-state index in [1.54, 1.807) is 16.2 Å². The Kier molecular flexibility index (Phi) is 4.57. The van der Waals surface area contributed by atoms with Crippen LogP contribution < -0.4 is 4.90 Å². The maximum absolute atomic E-state index is 11.6. The Hall–Kier alpha value is -0.580. The van der Waals surface area contributed by atoms with Gasteiger partial charge in [-0.05, 0) is 24.8 Å². The van der Waals surface area contributed by atoms with Crippen LogP contribution in [0.3, 0.4) is 0 Å². The van der Waals surface area contributed by atoms with Crippen LogP contribution in [-0.2, 0) is 4.79 Å². The molecule has 0 fully saturated rings. The Bertz CT molecular complexity index is 332. The molecule has 1 amide bonds. The van der Waals surface area contributed by atoms with Gasteiger partial charge in [0.1, 0.15) is 5.88 Å².